The summed E-state index contributed by atoms with van der Waals surface area (Å²) in [6.07, 6.45) is 1.13. The molecule has 23 heavy (non-hydrogen) atoms. The van der Waals surface area contributed by atoms with Crippen LogP contribution in [0.5, 0.6) is 0 Å². The third-order valence-electron chi connectivity index (χ3n) is 3.53. The number of carbonyl (C=O) groups excluding carboxylic acids is 2. The molecule has 1 aromatic carbocycles. The van der Waals surface area contributed by atoms with E-state index in [1.807, 2.05) is 31.2 Å². The van der Waals surface area contributed by atoms with E-state index < -0.39 is 5.25 Å². The highest BCUT2D eigenvalue weighted by Crippen LogP contribution is 2.23. The van der Waals surface area contributed by atoms with Gasteiger partial charge < -0.3 is 10.6 Å². The molecule has 1 heterocycles. The second-order valence-electron chi connectivity index (χ2n) is 6.03. The zero-order valence-corrected chi connectivity index (χ0v) is 14.6. The fourth-order valence-electron chi connectivity index (χ4n) is 2.12. The first kappa shape index (κ1) is 17.5. The highest BCUT2D eigenvalue weighted by Gasteiger charge is 2.31. The zero-order chi connectivity index (χ0) is 16.8. The number of amidine groups is 1. The first-order chi connectivity index (χ1) is 11.0. The van der Waals surface area contributed by atoms with Crippen molar-refractivity contribution in [2.75, 3.05) is 11.9 Å². The summed E-state index contributed by atoms with van der Waals surface area (Å²) in [6, 6.07) is 7.59. The SMILES string of the molecule is Cc1ccccc1NC(=O)C[C@H]1SC(=NCCC(C)C)NC1=O. The van der Waals surface area contributed by atoms with Crippen molar-refractivity contribution < 1.29 is 9.59 Å². The number of hydrogen-bond acceptors (Lipinski definition) is 4. The number of aryl methyl sites for hydroxylation is 1. The number of thioether (sulfide) groups is 1. The molecule has 5 nitrogen and oxygen atoms in total. The molecule has 2 N–H and O–H groups in total. The number of amides is 2. The normalized spacial score (nSPS) is 19.2. The lowest BCUT2D eigenvalue weighted by molar-refractivity contribution is -0.122. The van der Waals surface area contributed by atoms with Crippen LogP contribution in [0.2, 0.25) is 0 Å². The molecule has 1 atom stereocenters. The molecule has 0 bridgehead atoms. The maximum Gasteiger partial charge on any atom is 0.240 e. The van der Waals surface area contributed by atoms with Crippen molar-refractivity contribution in [1.82, 2.24) is 5.32 Å². The quantitative estimate of drug-likeness (QED) is 0.841. The Morgan fingerprint density at radius 3 is 2.83 bits per heavy atom. The van der Waals surface area contributed by atoms with E-state index in [0.717, 1.165) is 17.7 Å². The van der Waals surface area contributed by atoms with Gasteiger partial charge in [-0.25, -0.2) is 0 Å². The van der Waals surface area contributed by atoms with Gasteiger partial charge in [0.15, 0.2) is 5.17 Å². The molecule has 6 heteroatoms. The fraction of sp³-hybridized carbons (Fsp3) is 0.471. The lowest BCUT2D eigenvalue weighted by Gasteiger charge is -2.09. The standard InChI is InChI=1S/C17H23N3O2S/c1-11(2)8-9-18-17-20-16(22)14(23-17)10-15(21)19-13-7-5-4-6-12(13)3/h4-7,11,14H,8-10H2,1-3H3,(H,19,21)(H,18,20,22)/t14-/m1/s1. The van der Waals surface area contributed by atoms with E-state index in [1.165, 1.54) is 11.8 Å². The van der Waals surface area contributed by atoms with Gasteiger partial charge in [0, 0.05) is 18.7 Å². The summed E-state index contributed by atoms with van der Waals surface area (Å²) in [5, 5.41) is 5.83. The Bertz CT molecular complexity index is 614. The van der Waals surface area contributed by atoms with Gasteiger partial charge in [-0.15, -0.1) is 0 Å². The molecule has 2 amide bonds. The summed E-state index contributed by atoms with van der Waals surface area (Å²) < 4.78 is 0. The van der Waals surface area contributed by atoms with E-state index in [4.69, 9.17) is 0 Å². The van der Waals surface area contributed by atoms with Crippen molar-refractivity contribution in [3.05, 3.63) is 29.8 Å². The van der Waals surface area contributed by atoms with Crippen LogP contribution >= 0.6 is 11.8 Å². The van der Waals surface area contributed by atoms with E-state index in [2.05, 4.69) is 29.5 Å². The topological polar surface area (TPSA) is 70.6 Å². The number of carbonyl (C=O) groups is 2. The smallest absolute Gasteiger partial charge is 0.240 e. The van der Waals surface area contributed by atoms with Crippen molar-refractivity contribution in [2.45, 2.75) is 38.9 Å². The molecule has 0 aromatic heterocycles. The van der Waals surface area contributed by atoms with Gasteiger partial charge in [0.2, 0.25) is 11.8 Å². The molecule has 0 radical (unpaired) electrons. The average Bonchev–Trinajstić information content (AvgIpc) is 2.81. The summed E-state index contributed by atoms with van der Waals surface area (Å²) >= 11 is 1.34. The molecule has 1 fully saturated rings. The van der Waals surface area contributed by atoms with Crippen LogP contribution in [0.1, 0.15) is 32.3 Å². The van der Waals surface area contributed by atoms with Gasteiger partial charge in [0.05, 0.1) is 0 Å². The Kier molecular flexibility index (Phi) is 6.21. The van der Waals surface area contributed by atoms with E-state index in [9.17, 15) is 9.59 Å². The van der Waals surface area contributed by atoms with E-state index in [-0.39, 0.29) is 18.2 Å². The Morgan fingerprint density at radius 2 is 2.13 bits per heavy atom. The van der Waals surface area contributed by atoms with Gasteiger partial charge >= 0.3 is 0 Å². The van der Waals surface area contributed by atoms with Crippen LogP contribution in [0.25, 0.3) is 0 Å². The lowest BCUT2D eigenvalue weighted by Crippen LogP contribution is -2.28. The molecule has 1 aliphatic rings. The molecule has 0 unspecified atom stereocenters. The summed E-state index contributed by atoms with van der Waals surface area (Å²) in [4.78, 5) is 28.5. The number of nitrogens with zero attached hydrogens (tertiary/aromatic N) is 1. The Hall–Kier alpha value is -1.82. The van der Waals surface area contributed by atoms with E-state index >= 15 is 0 Å². The first-order valence-electron chi connectivity index (χ1n) is 7.83. The second-order valence-corrected chi connectivity index (χ2v) is 7.22. The minimum absolute atomic E-state index is 0.141. The van der Waals surface area contributed by atoms with Crippen LogP contribution in [0.4, 0.5) is 5.69 Å². The van der Waals surface area contributed by atoms with Crippen LogP contribution in [-0.2, 0) is 9.59 Å². The van der Waals surface area contributed by atoms with E-state index in [1.54, 1.807) is 0 Å². The molecule has 0 aliphatic carbocycles. The first-order valence-corrected chi connectivity index (χ1v) is 8.71. The highest BCUT2D eigenvalue weighted by atomic mass is 32.2. The fourth-order valence-corrected chi connectivity index (χ4v) is 3.12. The van der Waals surface area contributed by atoms with Crippen LogP contribution in [-0.4, -0.2) is 28.8 Å². The number of hydrogen-bond donors (Lipinski definition) is 2. The largest absolute Gasteiger partial charge is 0.326 e. The summed E-state index contributed by atoms with van der Waals surface area (Å²) in [5.74, 6) is 0.283. The molecular weight excluding hydrogens is 310 g/mol. The van der Waals surface area contributed by atoms with Gasteiger partial charge in [0.25, 0.3) is 0 Å². The Balaban J connectivity index is 1.87. The van der Waals surface area contributed by atoms with Crippen LogP contribution in [0, 0.1) is 12.8 Å². The summed E-state index contributed by atoms with van der Waals surface area (Å²) in [6.45, 7) is 6.91. The predicted molar refractivity (Wildman–Crippen MR) is 95.7 cm³/mol. The van der Waals surface area contributed by atoms with Crippen LogP contribution < -0.4 is 10.6 Å². The predicted octanol–water partition coefficient (Wildman–Crippen LogP) is 2.96. The van der Waals surface area contributed by atoms with Crippen molar-refractivity contribution >= 4 is 34.4 Å². The summed E-state index contributed by atoms with van der Waals surface area (Å²) in [5.41, 5.74) is 1.78. The molecular formula is C17H23N3O2S. The minimum Gasteiger partial charge on any atom is -0.326 e. The zero-order valence-electron chi connectivity index (χ0n) is 13.8. The van der Waals surface area contributed by atoms with Gasteiger partial charge in [-0.05, 0) is 30.9 Å². The second kappa shape index (κ2) is 8.15. The highest BCUT2D eigenvalue weighted by molar-refractivity contribution is 8.15. The van der Waals surface area contributed by atoms with Crippen molar-refractivity contribution in [3.63, 3.8) is 0 Å². The van der Waals surface area contributed by atoms with Gasteiger partial charge in [-0.2, -0.15) is 0 Å². The van der Waals surface area contributed by atoms with Gasteiger partial charge in [0.1, 0.15) is 5.25 Å². The van der Waals surface area contributed by atoms with Crippen molar-refractivity contribution in [2.24, 2.45) is 10.9 Å². The number of benzene rings is 1. The van der Waals surface area contributed by atoms with Crippen LogP contribution in [0.3, 0.4) is 0 Å². The van der Waals surface area contributed by atoms with Gasteiger partial charge in [-0.1, -0.05) is 43.8 Å². The molecule has 1 aromatic rings. The minimum atomic E-state index is -0.406. The van der Waals surface area contributed by atoms with Crippen molar-refractivity contribution in [1.29, 1.82) is 0 Å². The number of rotatable bonds is 6. The molecule has 0 spiro atoms. The summed E-state index contributed by atoms with van der Waals surface area (Å²) in [7, 11) is 0. The van der Waals surface area contributed by atoms with Crippen LogP contribution in [0.15, 0.2) is 29.3 Å². The molecule has 0 saturated carbocycles. The third kappa shape index (κ3) is 5.39. The molecule has 1 aliphatic heterocycles. The monoisotopic (exact) mass is 333 g/mol. The van der Waals surface area contributed by atoms with Crippen molar-refractivity contribution in [3.8, 4) is 0 Å². The van der Waals surface area contributed by atoms with Gasteiger partial charge in [-0.3, -0.25) is 14.6 Å². The average molecular weight is 333 g/mol. The number of anilines is 1. The lowest BCUT2D eigenvalue weighted by atomic mass is 10.1. The molecule has 2 rings (SSSR count). The maximum absolute atomic E-state index is 12.1. The number of para-hydroxylation sites is 1. The molecule has 124 valence electrons. The third-order valence-corrected chi connectivity index (χ3v) is 4.65. The van der Waals surface area contributed by atoms with E-state index in [0.29, 0.717) is 17.6 Å². The Labute approximate surface area is 141 Å². The molecule has 1 saturated heterocycles. The number of aliphatic imine (C=N–C) groups is 1. The Morgan fingerprint density at radius 1 is 1.39 bits per heavy atom. The number of nitrogens with one attached hydrogen (secondary N) is 2. The maximum atomic E-state index is 12.1.